The van der Waals surface area contributed by atoms with E-state index in [4.69, 9.17) is 4.74 Å². The molecule has 1 aromatic carbocycles. The van der Waals surface area contributed by atoms with Crippen LogP contribution in [0.5, 0.6) is 5.75 Å². The van der Waals surface area contributed by atoms with Crippen molar-refractivity contribution in [2.24, 2.45) is 0 Å². The highest BCUT2D eigenvalue weighted by atomic mass is 16.5. The molecule has 4 heteroatoms. The first-order chi connectivity index (χ1) is 9.52. The van der Waals surface area contributed by atoms with Crippen molar-refractivity contribution in [1.82, 2.24) is 9.97 Å². The maximum atomic E-state index is 12.1. The van der Waals surface area contributed by atoms with Gasteiger partial charge in [-0.1, -0.05) is 13.8 Å². The molecule has 0 saturated heterocycles. The van der Waals surface area contributed by atoms with Gasteiger partial charge in [-0.2, -0.15) is 0 Å². The van der Waals surface area contributed by atoms with Gasteiger partial charge in [-0.15, -0.1) is 0 Å². The van der Waals surface area contributed by atoms with E-state index in [0.717, 1.165) is 22.6 Å². The highest BCUT2D eigenvalue weighted by molar-refractivity contribution is 5.56. The number of ether oxygens (including phenoxy) is 1. The Morgan fingerprint density at radius 3 is 2.40 bits per heavy atom. The lowest BCUT2D eigenvalue weighted by Crippen LogP contribution is -2.18. The molecule has 4 nitrogen and oxygen atoms in total. The highest BCUT2D eigenvalue weighted by Gasteiger charge is 2.12. The van der Waals surface area contributed by atoms with E-state index in [0.29, 0.717) is 12.4 Å². The van der Waals surface area contributed by atoms with Crippen LogP contribution < -0.4 is 10.3 Å². The number of hydrogen-bond acceptors (Lipinski definition) is 3. The van der Waals surface area contributed by atoms with Gasteiger partial charge in [0.2, 0.25) is 0 Å². The van der Waals surface area contributed by atoms with Crippen molar-refractivity contribution in [3.63, 3.8) is 0 Å². The van der Waals surface area contributed by atoms with E-state index in [1.54, 1.807) is 0 Å². The first kappa shape index (κ1) is 14.3. The molecule has 0 atom stereocenters. The lowest BCUT2D eigenvalue weighted by Gasteiger charge is -2.10. The highest BCUT2D eigenvalue weighted by Crippen LogP contribution is 2.20. The van der Waals surface area contributed by atoms with Crippen LogP contribution in [0.4, 0.5) is 0 Å². The molecular weight excluding hydrogens is 252 g/mol. The molecule has 2 rings (SSSR count). The van der Waals surface area contributed by atoms with E-state index in [1.165, 1.54) is 0 Å². The van der Waals surface area contributed by atoms with Crippen LogP contribution in [-0.4, -0.2) is 16.6 Å². The van der Waals surface area contributed by atoms with Crippen LogP contribution in [0.1, 0.15) is 37.9 Å². The fourth-order valence-electron chi connectivity index (χ4n) is 2.29. The monoisotopic (exact) mass is 272 g/mol. The molecule has 0 spiro atoms. The molecule has 20 heavy (non-hydrogen) atoms. The van der Waals surface area contributed by atoms with Crippen LogP contribution in [0.3, 0.4) is 0 Å². The van der Waals surface area contributed by atoms with Crippen molar-refractivity contribution >= 4 is 0 Å². The van der Waals surface area contributed by atoms with Gasteiger partial charge in [-0.3, -0.25) is 4.79 Å². The van der Waals surface area contributed by atoms with Crippen LogP contribution in [0.25, 0.3) is 11.4 Å². The second-order valence-electron chi connectivity index (χ2n) is 5.03. The first-order valence-electron chi connectivity index (χ1n) is 6.87. The molecule has 1 aromatic heterocycles. The zero-order valence-electron chi connectivity index (χ0n) is 12.4. The topological polar surface area (TPSA) is 55.0 Å². The van der Waals surface area contributed by atoms with Gasteiger partial charge >= 0.3 is 0 Å². The zero-order valence-corrected chi connectivity index (χ0v) is 12.4. The second-order valence-corrected chi connectivity index (χ2v) is 5.03. The van der Waals surface area contributed by atoms with Crippen LogP contribution in [0.2, 0.25) is 0 Å². The Bertz CT molecular complexity index is 643. The van der Waals surface area contributed by atoms with Crippen LogP contribution in [-0.2, 0) is 0 Å². The van der Waals surface area contributed by atoms with Crippen molar-refractivity contribution < 1.29 is 4.74 Å². The molecule has 0 unspecified atom stereocenters. The van der Waals surface area contributed by atoms with E-state index >= 15 is 0 Å². The van der Waals surface area contributed by atoms with Gasteiger partial charge in [0, 0.05) is 16.8 Å². The molecule has 0 aliphatic carbocycles. The van der Waals surface area contributed by atoms with Gasteiger partial charge in [0.25, 0.3) is 5.56 Å². The van der Waals surface area contributed by atoms with Gasteiger partial charge in [0.05, 0.1) is 6.61 Å². The molecule has 0 radical (unpaired) electrons. The summed E-state index contributed by atoms with van der Waals surface area (Å²) in [6.45, 7) is 8.45. The molecule has 0 saturated carbocycles. The summed E-state index contributed by atoms with van der Waals surface area (Å²) in [5.41, 5.74) is 2.35. The number of aryl methyl sites for hydroxylation is 1. The number of rotatable bonds is 4. The van der Waals surface area contributed by atoms with Crippen molar-refractivity contribution in [3.05, 3.63) is 45.9 Å². The predicted molar refractivity (Wildman–Crippen MR) is 80.3 cm³/mol. The molecule has 0 aliphatic heterocycles. The Morgan fingerprint density at radius 1 is 1.25 bits per heavy atom. The van der Waals surface area contributed by atoms with E-state index < -0.39 is 0 Å². The third-order valence-corrected chi connectivity index (χ3v) is 3.16. The number of benzene rings is 1. The average molecular weight is 272 g/mol. The number of hydrogen-bond donors (Lipinski definition) is 1. The van der Waals surface area contributed by atoms with Gasteiger partial charge in [0.1, 0.15) is 11.6 Å². The molecule has 1 heterocycles. The van der Waals surface area contributed by atoms with Crippen molar-refractivity contribution in [2.75, 3.05) is 6.61 Å². The normalized spacial score (nSPS) is 10.8. The quantitative estimate of drug-likeness (QED) is 0.929. The third kappa shape index (κ3) is 2.90. The Balaban J connectivity index is 2.41. The molecule has 2 aromatic rings. The number of nitrogens with zero attached hydrogens (tertiary/aromatic N) is 1. The van der Waals surface area contributed by atoms with Crippen molar-refractivity contribution in [3.8, 4) is 17.1 Å². The molecule has 0 fully saturated rings. The van der Waals surface area contributed by atoms with E-state index in [-0.39, 0.29) is 11.5 Å². The Hall–Kier alpha value is -2.10. The van der Waals surface area contributed by atoms with Crippen LogP contribution >= 0.6 is 0 Å². The van der Waals surface area contributed by atoms with Gasteiger partial charge < -0.3 is 9.72 Å². The number of aromatic nitrogens is 2. The molecule has 106 valence electrons. The van der Waals surface area contributed by atoms with Crippen LogP contribution in [0, 0.1) is 6.92 Å². The Labute approximate surface area is 118 Å². The van der Waals surface area contributed by atoms with Crippen LogP contribution in [0.15, 0.2) is 29.1 Å². The SMILES string of the molecule is CCOc1ccc(-c2nc(C)c(C(C)C)c(=O)[nH]2)cc1. The lowest BCUT2D eigenvalue weighted by atomic mass is 10.0. The standard InChI is InChI=1S/C16H20N2O2/c1-5-20-13-8-6-12(7-9-13)15-17-11(4)14(10(2)3)16(19)18-15/h6-10H,5H2,1-4H3,(H,17,18,19). The smallest absolute Gasteiger partial charge is 0.254 e. The summed E-state index contributed by atoms with van der Waals surface area (Å²) in [6, 6.07) is 7.56. The summed E-state index contributed by atoms with van der Waals surface area (Å²) in [7, 11) is 0. The Kier molecular flexibility index (Phi) is 4.23. The Morgan fingerprint density at radius 2 is 1.90 bits per heavy atom. The summed E-state index contributed by atoms with van der Waals surface area (Å²) in [5, 5.41) is 0. The molecular formula is C16H20N2O2. The minimum atomic E-state index is -0.0589. The predicted octanol–water partition coefficient (Wildman–Crippen LogP) is 3.27. The molecule has 1 N–H and O–H groups in total. The summed E-state index contributed by atoms with van der Waals surface area (Å²) < 4.78 is 5.40. The van der Waals surface area contributed by atoms with E-state index in [1.807, 2.05) is 52.0 Å². The van der Waals surface area contributed by atoms with Crippen molar-refractivity contribution in [1.29, 1.82) is 0 Å². The second kappa shape index (κ2) is 5.90. The van der Waals surface area contributed by atoms with Gasteiger partial charge in [-0.05, 0) is 44.0 Å². The summed E-state index contributed by atoms with van der Waals surface area (Å²) >= 11 is 0. The van der Waals surface area contributed by atoms with E-state index in [9.17, 15) is 4.79 Å². The summed E-state index contributed by atoms with van der Waals surface area (Å²) in [6.07, 6.45) is 0. The zero-order chi connectivity index (χ0) is 14.7. The summed E-state index contributed by atoms with van der Waals surface area (Å²) in [4.78, 5) is 19.5. The average Bonchev–Trinajstić information content (AvgIpc) is 2.38. The third-order valence-electron chi connectivity index (χ3n) is 3.16. The molecule has 0 amide bonds. The summed E-state index contributed by atoms with van der Waals surface area (Å²) in [5.74, 6) is 1.58. The maximum absolute atomic E-state index is 12.1. The fourth-order valence-corrected chi connectivity index (χ4v) is 2.29. The molecule has 0 bridgehead atoms. The minimum Gasteiger partial charge on any atom is -0.494 e. The number of H-pyrrole nitrogens is 1. The number of aromatic amines is 1. The first-order valence-corrected chi connectivity index (χ1v) is 6.87. The lowest BCUT2D eigenvalue weighted by molar-refractivity contribution is 0.340. The largest absolute Gasteiger partial charge is 0.494 e. The van der Waals surface area contributed by atoms with Gasteiger partial charge in [0.15, 0.2) is 0 Å². The minimum absolute atomic E-state index is 0.0589. The number of nitrogens with one attached hydrogen (secondary N) is 1. The van der Waals surface area contributed by atoms with E-state index in [2.05, 4.69) is 9.97 Å². The van der Waals surface area contributed by atoms with Gasteiger partial charge in [-0.25, -0.2) is 4.98 Å². The molecule has 0 aliphatic rings. The fraction of sp³-hybridized carbons (Fsp3) is 0.375. The van der Waals surface area contributed by atoms with Crippen molar-refractivity contribution in [2.45, 2.75) is 33.6 Å². The maximum Gasteiger partial charge on any atom is 0.254 e.